The molecule has 2 aliphatic rings. The SMILES string of the molecule is CC(=O)CC(=O)CCc1ccc(NC(=O)CCCC(=O)NCC2CCC(COc3cc(NC4=NCCCN4)cc(C(=O)NCC(=O)NC(CC(=O)O)c4cc(Cl)cc(Cl)c4O)c3)CC2)cc1. The van der Waals surface area contributed by atoms with Crippen molar-refractivity contribution in [3.8, 4) is 11.5 Å². The van der Waals surface area contributed by atoms with Crippen molar-refractivity contribution in [3.63, 3.8) is 0 Å². The maximum absolute atomic E-state index is 13.4. The first-order valence-corrected chi connectivity index (χ1v) is 22.8. The van der Waals surface area contributed by atoms with Crippen LogP contribution in [0.5, 0.6) is 11.5 Å². The highest BCUT2D eigenvalue weighted by Crippen LogP contribution is 2.36. The lowest BCUT2D eigenvalue weighted by molar-refractivity contribution is -0.138. The lowest BCUT2D eigenvalue weighted by Crippen LogP contribution is -2.39. The van der Waals surface area contributed by atoms with Gasteiger partial charge in [-0.15, -0.1) is 0 Å². The fourth-order valence-corrected chi connectivity index (χ4v) is 8.12. The number of aromatic hydroxyl groups is 1. The molecule has 1 aliphatic heterocycles. The van der Waals surface area contributed by atoms with Gasteiger partial charge < -0.3 is 46.9 Å². The average molecular weight is 951 g/mol. The number of phenolic OH excluding ortho intramolecular Hbond substituents is 1. The lowest BCUT2D eigenvalue weighted by Gasteiger charge is -2.28. The molecule has 354 valence electrons. The Kier molecular flexibility index (Phi) is 19.6. The minimum Gasteiger partial charge on any atom is -0.506 e. The summed E-state index contributed by atoms with van der Waals surface area (Å²) in [5.74, 6) is -2.02. The van der Waals surface area contributed by atoms with E-state index in [4.69, 9.17) is 27.9 Å². The van der Waals surface area contributed by atoms with Gasteiger partial charge in [-0.3, -0.25) is 38.6 Å². The molecule has 3 aromatic carbocycles. The van der Waals surface area contributed by atoms with E-state index < -0.39 is 42.5 Å². The van der Waals surface area contributed by atoms with Crippen LogP contribution in [-0.4, -0.2) is 90.1 Å². The number of carboxylic acid groups (broad SMARTS) is 1. The Morgan fingerprint density at radius 3 is 2.29 bits per heavy atom. The molecule has 5 rings (SSSR count). The van der Waals surface area contributed by atoms with Crippen molar-refractivity contribution in [1.82, 2.24) is 21.3 Å². The third kappa shape index (κ3) is 17.3. The van der Waals surface area contributed by atoms with E-state index in [-0.39, 0.29) is 76.2 Å². The minimum absolute atomic E-state index is 0.0128. The van der Waals surface area contributed by atoms with E-state index in [1.165, 1.54) is 19.1 Å². The highest BCUT2D eigenvalue weighted by atomic mass is 35.5. The number of hydrogen-bond acceptors (Lipinski definition) is 12. The summed E-state index contributed by atoms with van der Waals surface area (Å²) in [6.07, 6.45) is 5.42. The number of nitrogens with one attached hydrogen (secondary N) is 6. The van der Waals surface area contributed by atoms with Crippen molar-refractivity contribution in [3.05, 3.63) is 81.3 Å². The molecule has 1 atom stereocenters. The monoisotopic (exact) mass is 949 g/mol. The second-order valence-electron chi connectivity index (χ2n) is 16.6. The normalized spacial score (nSPS) is 16.1. The number of carbonyl (C=O) groups is 7. The Labute approximate surface area is 393 Å². The van der Waals surface area contributed by atoms with Gasteiger partial charge in [0.1, 0.15) is 23.1 Å². The van der Waals surface area contributed by atoms with Crippen LogP contribution in [0.3, 0.4) is 0 Å². The molecule has 0 saturated heterocycles. The number of aryl methyl sites for hydroxylation is 1. The third-order valence-electron chi connectivity index (χ3n) is 11.1. The van der Waals surface area contributed by atoms with E-state index in [1.54, 1.807) is 30.3 Å². The number of anilines is 2. The predicted octanol–water partition coefficient (Wildman–Crippen LogP) is 6.11. The molecule has 66 heavy (non-hydrogen) atoms. The van der Waals surface area contributed by atoms with E-state index >= 15 is 0 Å². The van der Waals surface area contributed by atoms with Crippen LogP contribution in [-0.2, 0) is 35.2 Å². The van der Waals surface area contributed by atoms with Crippen molar-refractivity contribution in [2.45, 2.75) is 90.0 Å². The van der Waals surface area contributed by atoms with Gasteiger partial charge in [0, 0.05) is 72.5 Å². The summed E-state index contributed by atoms with van der Waals surface area (Å²) in [5.41, 5.74) is 2.30. The largest absolute Gasteiger partial charge is 0.506 e. The van der Waals surface area contributed by atoms with Gasteiger partial charge in [0.05, 0.1) is 37.1 Å². The first kappa shape index (κ1) is 50.8. The van der Waals surface area contributed by atoms with E-state index in [1.807, 2.05) is 12.1 Å². The van der Waals surface area contributed by atoms with Crippen LogP contribution in [0.1, 0.15) is 105 Å². The molecule has 19 heteroatoms. The number of phenols is 1. The number of hydrogen-bond donors (Lipinski definition) is 8. The molecular weight excluding hydrogens is 893 g/mol. The summed E-state index contributed by atoms with van der Waals surface area (Å²) in [6.45, 7) is 3.19. The summed E-state index contributed by atoms with van der Waals surface area (Å²) in [4.78, 5) is 90.5. The van der Waals surface area contributed by atoms with Crippen molar-refractivity contribution in [2.24, 2.45) is 16.8 Å². The molecule has 0 radical (unpaired) electrons. The zero-order valence-corrected chi connectivity index (χ0v) is 38.3. The number of amides is 4. The Morgan fingerprint density at radius 2 is 1.59 bits per heavy atom. The van der Waals surface area contributed by atoms with Crippen molar-refractivity contribution in [2.75, 3.05) is 43.4 Å². The van der Waals surface area contributed by atoms with Gasteiger partial charge in [0.15, 0.2) is 5.96 Å². The van der Waals surface area contributed by atoms with E-state index in [0.29, 0.717) is 61.5 Å². The number of halogens is 2. The van der Waals surface area contributed by atoms with E-state index in [2.05, 4.69) is 36.9 Å². The fourth-order valence-electron chi connectivity index (χ4n) is 7.61. The number of rotatable bonds is 23. The zero-order chi connectivity index (χ0) is 47.6. The smallest absolute Gasteiger partial charge is 0.305 e. The highest BCUT2D eigenvalue weighted by molar-refractivity contribution is 6.35. The molecule has 0 aromatic heterocycles. The van der Waals surface area contributed by atoms with Crippen LogP contribution in [0.2, 0.25) is 10.0 Å². The molecule has 1 unspecified atom stereocenters. The number of guanidine groups is 1. The Bertz CT molecular complexity index is 2260. The number of carbonyl (C=O) groups excluding carboxylic acids is 6. The fraction of sp³-hybridized carbons (Fsp3) is 0.447. The maximum atomic E-state index is 13.4. The average Bonchev–Trinajstić information content (AvgIpc) is 3.27. The van der Waals surface area contributed by atoms with Gasteiger partial charge in [-0.25, -0.2) is 0 Å². The summed E-state index contributed by atoms with van der Waals surface area (Å²) >= 11 is 12.1. The number of aliphatic carboxylic acids is 1. The van der Waals surface area contributed by atoms with Gasteiger partial charge in [0.2, 0.25) is 17.7 Å². The maximum Gasteiger partial charge on any atom is 0.305 e. The van der Waals surface area contributed by atoms with Gasteiger partial charge in [-0.1, -0.05) is 35.3 Å². The van der Waals surface area contributed by atoms with Crippen LogP contribution in [0.15, 0.2) is 59.6 Å². The molecule has 0 bridgehead atoms. The van der Waals surface area contributed by atoms with Gasteiger partial charge in [-0.2, -0.15) is 0 Å². The topological polar surface area (TPSA) is 254 Å². The Hall–Kier alpha value is -6.20. The van der Waals surface area contributed by atoms with Crippen molar-refractivity contribution >= 4 is 81.7 Å². The van der Waals surface area contributed by atoms with E-state index in [0.717, 1.165) is 44.2 Å². The molecule has 1 heterocycles. The number of ketones is 2. The summed E-state index contributed by atoms with van der Waals surface area (Å²) in [5, 5.41) is 37.3. The van der Waals surface area contributed by atoms with Crippen LogP contribution in [0.25, 0.3) is 0 Å². The van der Waals surface area contributed by atoms with Crippen LogP contribution < -0.4 is 36.6 Å². The molecule has 17 nitrogen and oxygen atoms in total. The lowest BCUT2D eigenvalue weighted by atomic mass is 9.82. The molecule has 0 spiro atoms. The second-order valence-corrected chi connectivity index (χ2v) is 17.5. The molecule has 8 N–H and O–H groups in total. The molecule has 1 saturated carbocycles. The predicted molar refractivity (Wildman–Crippen MR) is 250 cm³/mol. The minimum atomic E-state index is -1.25. The second kappa shape index (κ2) is 25.5. The highest BCUT2D eigenvalue weighted by Gasteiger charge is 2.25. The van der Waals surface area contributed by atoms with Gasteiger partial charge in [-0.05, 0) is 106 Å². The summed E-state index contributed by atoms with van der Waals surface area (Å²) in [7, 11) is 0. The van der Waals surface area contributed by atoms with Crippen LogP contribution >= 0.6 is 23.2 Å². The number of aliphatic imine (C=N–C) groups is 1. The number of Topliss-reactive ketones (excluding diaryl/α,β-unsaturated/α-hetero) is 2. The van der Waals surface area contributed by atoms with Crippen LogP contribution in [0, 0.1) is 11.8 Å². The number of ether oxygens (including phenoxy) is 1. The van der Waals surface area contributed by atoms with Crippen molar-refractivity contribution in [1.29, 1.82) is 0 Å². The molecular formula is C47H57Cl2N7O10. The first-order valence-electron chi connectivity index (χ1n) is 22.1. The Morgan fingerprint density at radius 1 is 0.864 bits per heavy atom. The van der Waals surface area contributed by atoms with Gasteiger partial charge >= 0.3 is 5.97 Å². The molecule has 4 amide bonds. The first-order chi connectivity index (χ1) is 31.6. The quantitative estimate of drug-likeness (QED) is 0.0501. The number of benzene rings is 3. The number of carboxylic acids is 1. The zero-order valence-electron chi connectivity index (χ0n) is 36.8. The summed E-state index contributed by atoms with van der Waals surface area (Å²) in [6, 6.07) is 13.5. The van der Waals surface area contributed by atoms with Crippen molar-refractivity contribution < 1.29 is 48.5 Å². The standard InChI is InChI=1S/C47H57Cl2N7O10/c1-28(57)18-36(58)15-12-29-10-13-34(14-11-29)54-42(60)5-2-4-41(59)52-25-30-6-8-31(9-7-30)27-66-37-20-32(19-35(23-37)55-47-50-16-3-17-51-47)46(65)53-26-43(61)56-40(24-44(62)63)38-21-33(48)22-39(49)45(38)64/h10-11,13-14,19-23,30-31,40,64H,2-9,12,15-18,24-27H2,1H3,(H,52,59)(H,53,65)(H,54,60)(H,56,61)(H,62,63)(H2,50,51,55). The molecule has 1 aliphatic carbocycles. The molecule has 1 fully saturated rings. The third-order valence-corrected chi connectivity index (χ3v) is 11.6. The van der Waals surface area contributed by atoms with Crippen LogP contribution in [0.4, 0.5) is 11.4 Å². The number of nitrogens with zero attached hydrogens (tertiary/aromatic N) is 1. The molecule has 3 aromatic rings. The van der Waals surface area contributed by atoms with Gasteiger partial charge in [0.25, 0.3) is 5.91 Å². The Balaban J connectivity index is 1.04. The van der Waals surface area contributed by atoms with E-state index in [9.17, 15) is 43.8 Å². The summed E-state index contributed by atoms with van der Waals surface area (Å²) < 4.78 is 6.25.